The molecule has 0 aliphatic carbocycles. The molecule has 0 radical (unpaired) electrons. The molecule has 0 saturated heterocycles. The second-order valence-electron chi connectivity index (χ2n) is 3.85. The molecule has 1 rings (SSSR count). The fourth-order valence-electron chi connectivity index (χ4n) is 1.31. The van der Waals surface area contributed by atoms with Crippen LogP contribution in [0.1, 0.15) is 18.4 Å². The topological polar surface area (TPSA) is 92.4 Å². The summed E-state index contributed by atoms with van der Waals surface area (Å²) in [6.45, 7) is 0.584. The van der Waals surface area contributed by atoms with Crippen molar-refractivity contribution in [1.29, 1.82) is 0 Å². The molecule has 1 aromatic rings. The van der Waals surface area contributed by atoms with Crippen LogP contribution in [0.15, 0.2) is 30.3 Å². The Balaban J connectivity index is 2.31. The van der Waals surface area contributed by atoms with Gasteiger partial charge in [0.25, 0.3) is 10.1 Å². The summed E-state index contributed by atoms with van der Waals surface area (Å²) in [5.74, 6) is 0. The molecule has 0 bridgehead atoms. The molecule has 1 unspecified atom stereocenters. The molecule has 0 heterocycles. The van der Waals surface area contributed by atoms with Gasteiger partial charge in [0.1, 0.15) is 5.37 Å². The predicted molar refractivity (Wildman–Crippen MR) is 74.6 cm³/mol. The third-order valence-electron chi connectivity index (χ3n) is 2.37. The summed E-state index contributed by atoms with van der Waals surface area (Å²) in [4.78, 5) is 0.526. The van der Waals surface area contributed by atoms with Gasteiger partial charge in [0.2, 0.25) is 0 Å². The maximum atomic E-state index is 10.7. The highest BCUT2D eigenvalue weighted by atomic mass is 32.2. The first-order valence-electron chi connectivity index (χ1n) is 5.42. The number of nitrogens with two attached hydrogens (primary N) is 1. The second kappa shape index (κ2) is 6.79. The molecule has 0 spiro atoms. The zero-order valence-electron chi connectivity index (χ0n) is 9.74. The lowest BCUT2D eigenvalue weighted by Crippen LogP contribution is -2.32. The molecule has 0 aliphatic heterocycles. The number of nitrogens with one attached hydrogen (secondary N) is 1. The minimum absolute atomic E-state index is 0.0967. The molecule has 0 fully saturated rings. The first-order chi connectivity index (χ1) is 8.39. The van der Waals surface area contributed by atoms with Crippen LogP contribution in [0.3, 0.4) is 0 Å². The van der Waals surface area contributed by atoms with E-state index in [-0.39, 0.29) is 6.42 Å². The van der Waals surface area contributed by atoms with Crippen molar-refractivity contribution in [3.63, 3.8) is 0 Å². The Morgan fingerprint density at radius 2 is 2.00 bits per heavy atom. The van der Waals surface area contributed by atoms with Crippen LogP contribution < -0.4 is 11.1 Å². The van der Waals surface area contributed by atoms with Gasteiger partial charge in [0, 0.05) is 13.0 Å². The van der Waals surface area contributed by atoms with Crippen LogP contribution in [0.5, 0.6) is 0 Å². The van der Waals surface area contributed by atoms with Crippen molar-refractivity contribution in [2.45, 2.75) is 24.8 Å². The van der Waals surface area contributed by atoms with E-state index >= 15 is 0 Å². The van der Waals surface area contributed by atoms with E-state index in [0.29, 0.717) is 18.0 Å². The summed E-state index contributed by atoms with van der Waals surface area (Å²) in [6.07, 6.45) is 0.419. The van der Waals surface area contributed by atoms with Gasteiger partial charge in [0.05, 0.1) is 4.99 Å². The van der Waals surface area contributed by atoms with E-state index in [9.17, 15) is 8.42 Å². The van der Waals surface area contributed by atoms with Crippen LogP contribution in [-0.2, 0) is 16.7 Å². The molecule has 1 atom stereocenters. The quantitative estimate of drug-likeness (QED) is 0.535. The Labute approximate surface area is 112 Å². The van der Waals surface area contributed by atoms with Gasteiger partial charge in [-0.1, -0.05) is 42.5 Å². The Morgan fingerprint density at radius 1 is 1.39 bits per heavy atom. The lowest BCUT2D eigenvalue weighted by atomic mass is 10.2. The molecular weight excluding hydrogens is 272 g/mol. The molecule has 100 valence electrons. The highest BCUT2D eigenvalue weighted by molar-refractivity contribution is 7.86. The summed E-state index contributed by atoms with van der Waals surface area (Å²) in [7, 11) is -4.18. The molecule has 0 amide bonds. The molecule has 0 saturated carbocycles. The highest BCUT2D eigenvalue weighted by Crippen LogP contribution is 2.03. The predicted octanol–water partition coefficient (Wildman–Crippen LogP) is 1.06. The minimum atomic E-state index is -4.18. The summed E-state index contributed by atoms with van der Waals surface area (Å²) < 4.78 is 30.1. The van der Waals surface area contributed by atoms with Crippen LogP contribution in [0.4, 0.5) is 0 Å². The average Bonchev–Trinajstić information content (AvgIpc) is 2.33. The van der Waals surface area contributed by atoms with E-state index in [2.05, 4.69) is 5.32 Å². The van der Waals surface area contributed by atoms with Gasteiger partial charge in [-0.15, -0.1) is 0 Å². The van der Waals surface area contributed by atoms with Gasteiger partial charge in [-0.3, -0.25) is 4.55 Å². The summed E-state index contributed by atoms with van der Waals surface area (Å²) in [6, 6.07) is 9.69. The number of hydrogen-bond acceptors (Lipinski definition) is 4. The SMILES string of the molecule is NC(CCC(=S)NCc1ccccc1)S(=O)(=O)O. The van der Waals surface area contributed by atoms with E-state index < -0.39 is 15.5 Å². The van der Waals surface area contributed by atoms with Crippen molar-refractivity contribution in [3.8, 4) is 0 Å². The highest BCUT2D eigenvalue weighted by Gasteiger charge is 2.17. The Hall–Kier alpha value is -1.02. The third-order valence-corrected chi connectivity index (χ3v) is 3.72. The van der Waals surface area contributed by atoms with Crippen LogP contribution in [-0.4, -0.2) is 23.3 Å². The van der Waals surface area contributed by atoms with Crippen molar-refractivity contribution in [2.24, 2.45) is 5.73 Å². The molecule has 18 heavy (non-hydrogen) atoms. The molecule has 1 aromatic carbocycles. The molecule has 4 N–H and O–H groups in total. The van der Waals surface area contributed by atoms with Gasteiger partial charge in [-0.05, 0) is 12.0 Å². The smallest absolute Gasteiger partial charge is 0.280 e. The molecular formula is C11H16N2O3S2. The van der Waals surface area contributed by atoms with E-state index in [0.717, 1.165) is 5.56 Å². The second-order valence-corrected chi connectivity index (χ2v) is 5.98. The molecule has 0 aliphatic rings. The van der Waals surface area contributed by atoms with Gasteiger partial charge >= 0.3 is 0 Å². The average molecular weight is 288 g/mol. The maximum absolute atomic E-state index is 10.7. The summed E-state index contributed by atoms with van der Waals surface area (Å²) in [5.41, 5.74) is 6.36. The first-order valence-corrected chi connectivity index (χ1v) is 7.33. The lowest BCUT2D eigenvalue weighted by molar-refractivity contribution is 0.464. The monoisotopic (exact) mass is 288 g/mol. The van der Waals surface area contributed by atoms with Gasteiger partial charge < -0.3 is 11.1 Å². The number of hydrogen-bond donors (Lipinski definition) is 3. The minimum Gasteiger partial charge on any atom is -0.376 e. The standard InChI is InChI=1S/C11H16N2O3S2/c12-10(18(14,15)16)6-7-11(17)13-8-9-4-2-1-3-5-9/h1-5,10H,6-8,12H2,(H,13,17)(H,14,15,16). The largest absolute Gasteiger partial charge is 0.376 e. The van der Waals surface area contributed by atoms with Crippen LogP contribution in [0, 0.1) is 0 Å². The van der Waals surface area contributed by atoms with E-state index in [4.69, 9.17) is 22.5 Å². The first kappa shape index (κ1) is 15.0. The fourth-order valence-corrected chi connectivity index (χ4v) is 1.91. The Morgan fingerprint density at radius 3 is 2.56 bits per heavy atom. The van der Waals surface area contributed by atoms with Crippen molar-refractivity contribution in [3.05, 3.63) is 35.9 Å². The van der Waals surface area contributed by atoms with Crippen LogP contribution in [0.2, 0.25) is 0 Å². The van der Waals surface area contributed by atoms with Gasteiger partial charge in [0.15, 0.2) is 0 Å². The van der Waals surface area contributed by atoms with E-state index in [1.54, 1.807) is 0 Å². The third kappa shape index (κ3) is 5.54. The number of rotatable bonds is 6. The normalized spacial score (nSPS) is 13.0. The van der Waals surface area contributed by atoms with E-state index in [1.165, 1.54) is 0 Å². The number of thiocarbonyl (C=S) groups is 1. The van der Waals surface area contributed by atoms with Crippen LogP contribution >= 0.6 is 12.2 Å². The lowest BCUT2D eigenvalue weighted by Gasteiger charge is -2.10. The Bertz CT molecular complexity index is 488. The van der Waals surface area contributed by atoms with E-state index in [1.807, 2.05) is 30.3 Å². The maximum Gasteiger partial charge on any atom is 0.280 e. The zero-order chi connectivity index (χ0) is 13.6. The van der Waals surface area contributed by atoms with Crippen molar-refractivity contribution in [2.75, 3.05) is 0 Å². The molecule has 0 aromatic heterocycles. The summed E-state index contributed by atoms with van der Waals surface area (Å²) in [5, 5.41) is 1.72. The fraction of sp³-hybridized carbons (Fsp3) is 0.364. The zero-order valence-corrected chi connectivity index (χ0v) is 11.4. The van der Waals surface area contributed by atoms with Gasteiger partial charge in [-0.2, -0.15) is 8.42 Å². The van der Waals surface area contributed by atoms with Crippen LogP contribution in [0.25, 0.3) is 0 Å². The summed E-state index contributed by atoms with van der Waals surface area (Å²) >= 11 is 5.05. The number of benzene rings is 1. The molecule has 5 nitrogen and oxygen atoms in total. The van der Waals surface area contributed by atoms with Gasteiger partial charge in [-0.25, -0.2) is 0 Å². The Kier molecular flexibility index (Phi) is 5.67. The van der Waals surface area contributed by atoms with Crippen molar-refractivity contribution >= 4 is 27.3 Å². The van der Waals surface area contributed by atoms with Crippen molar-refractivity contribution < 1.29 is 13.0 Å². The molecule has 7 heteroatoms. The van der Waals surface area contributed by atoms with Crippen molar-refractivity contribution in [1.82, 2.24) is 5.32 Å².